The maximum atomic E-state index is 11.9. The molecule has 2 fully saturated rings. The van der Waals surface area contributed by atoms with Gasteiger partial charge in [0.05, 0.1) is 6.04 Å². The molecule has 2 N–H and O–H groups in total. The third-order valence-corrected chi connectivity index (χ3v) is 3.27. The summed E-state index contributed by atoms with van der Waals surface area (Å²) in [7, 11) is 1.96. The van der Waals surface area contributed by atoms with Gasteiger partial charge in [0.25, 0.3) is 0 Å². The van der Waals surface area contributed by atoms with Gasteiger partial charge in [0.1, 0.15) is 0 Å². The predicted molar refractivity (Wildman–Crippen MR) is 55.1 cm³/mol. The summed E-state index contributed by atoms with van der Waals surface area (Å²) in [6.45, 7) is 2.80. The maximum absolute atomic E-state index is 11.9. The summed E-state index contributed by atoms with van der Waals surface area (Å²) in [5, 5.41) is 6.48. The van der Waals surface area contributed by atoms with E-state index in [2.05, 4.69) is 10.6 Å². The van der Waals surface area contributed by atoms with E-state index in [-0.39, 0.29) is 6.04 Å². The number of hydrogen-bond donors (Lipinski definition) is 2. The van der Waals surface area contributed by atoms with Crippen LogP contribution in [-0.2, 0) is 4.79 Å². The van der Waals surface area contributed by atoms with Crippen molar-refractivity contribution in [2.75, 3.05) is 26.7 Å². The molecule has 0 aromatic rings. The van der Waals surface area contributed by atoms with Crippen LogP contribution in [0.1, 0.15) is 19.3 Å². The molecule has 80 valence electrons. The number of amides is 1. The monoisotopic (exact) mass is 197 g/mol. The van der Waals surface area contributed by atoms with Crippen LogP contribution in [0.4, 0.5) is 0 Å². The molecule has 2 atom stereocenters. The van der Waals surface area contributed by atoms with Crippen LogP contribution in [0.15, 0.2) is 0 Å². The summed E-state index contributed by atoms with van der Waals surface area (Å²) in [5.74, 6) is 0.306. The first kappa shape index (κ1) is 9.93. The Morgan fingerprint density at radius 2 is 2.36 bits per heavy atom. The van der Waals surface area contributed by atoms with Gasteiger partial charge in [-0.1, -0.05) is 0 Å². The lowest BCUT2D eigenvalue weighted by molar-refractivity contribution is -0.132. The molecule has 4 nitrogen and oxygen atoms in total. The Kier molecular flexibility index (Phi) is 3.03. The Balaban J connectivity index is 1.86. The molecule has 2 saturated heterocycles. The molecule has 4 heteroatoms. The molecule has 2 unspecified atom stereocenters. The Morgan fingerprint density at radius 3 is 2.93 bits per heavy atom. The van der Waals surface area contributed by atoms with Crippen molar-refractivity contribution in [3.63, 3.8) is 0 Å². The number of rotatable bonds is 2. The molecule has 0 bridgehead atoms. The second-order valence-electron chi connectivity index (χ2n) is 4.21. The Bertz CT molecular complexity index is 213. The molecular formula is C10H19N3O. The van der Waals surface area contributed by atoms with Crippen LogP contribution in [-0.4, -0.2) is 49.6 Å². The Labute approximate surface area is 85.0 Å². The van der Waals surface area contributed by atoms with Crippen molar-refractivity contribution < 1.29 is 4.79 Å². The number of hydrogen-bond acceptors (Lipinski definition) is 3. The van der Waals surface area contributed by atoms with E-state index in [1.54, 1.807) is 0 Å². The zero-order chi connectivity index (χ0) is 9.97. The lowest BCUT2D eigenvalue weighted by Gasteiger charge is -2.20. The van der Waals surface area contributed by atoms with E-state index in [0.29, 0.717) is 11.9 Å². The third-order valence-electron chi connectivity index (χ3n) is 3.27. The standard InChI is InChI=1S/C10H19N3O/c1-11-8-4-6-13(7-8)10(14)9-3-2-5-12-9/h8-9,11-12H,2-7H2,1H3. The van der Waals surface area contributed by atoms with Crippen molar-refractivity contribution in [1.82, 2.24) is 15.5 Å². The van der Waals surface area contributed by atoms with E-state index in [1.807, 2.05) is 11.9 Å². The van der Waals surface area contributed by atoms with E-state index in [0.717, 1.165) is 38.9 Å². The first-order valence-electron chi connectivity index (χ1n) is 5.50. The molecule has 14 heavy (non-hydrogen) atoms. The Morgan fingerprint density at radius 1 is 1.50 bits per heavy atom. The summed E-state index contributed by atoms with van der Waals surface area (Å²) in [6, 6.07) is 0.603. The molecule has 2 heterocycles. The highest BCUT2D eigenvalue weighted by molar-refractivity contribution is 5.82. The van der Waals surface area contributed by atoms with Crippen LogP contribution < -0.4 is 10.6 Å². The van der Waals surface area contributed by atoms with E-state index in [4.69, 9.17) is 0 Å². The fourth-order valence-corrected chi connectivity index (χ4v) is 2.31. The normalized spacial score (nSPS) is 32.5. The summed E-state index contributed by atoms with van der Waals surface area (Å²) >= 11 is 0. The minimum absolute atomic E-state index is 0.102. The largest absolute Gasteiger partial charge is 0.340 e. The summed E-state index contributed by atoms with van der Waals surface area (Å²) in [4.78, 5) is 13.9. The number of carbonyl (C=O) groups excluding carboxylic acids is 1. The number of nitrogens with zero attached hydrogens (tertiary/aromatic N) is 1. The smallest absolute Gasteiger partial charge is 0.239 e. The van der Waals surface area contributed by atoms with E-state index in [9.17, 15) is 4.79 Å². The molecule has 2 rings (SSSR count). The minimum atomic E-state index is 0.102. The highest BCUT2D eigenvalue weighted by Crippen LogP contribution is 2.14. The average molecular weight is 197 g/mol. The molecular weight excluding hydrogens is 178 g/mol. The van der Waals surface area contributed by atoms with Crippen LogP contribution in [0.2, 0.25) is 0 Å². The molecule has 0 aliphatic carbocycles. The van der Waals surface area contributed by atoms with Gasteiger partial charge in [-0.25, -0.2) is 0 Å². The lowest BCUT2D eigenvalue weighted by Crippen LogP contribution is -2.43. The number of likely N-dealkylation sites (tertiary alicyclic amines) is 1. The van der Waals surface area contributed by atoms with Gasteiger partial charge in [0.2, 0.25) is 5.91 Å². The zero-order valence-corrected chi connectivity index (χ0v) is 8.75. The van der Waals surface area contributed by atoms with Gasteiger partial charge in [-0.2, -0.15) is 0 Å². The highest BCUT2D eigenvalue weighted by Gasteiger charge is 2.31. The van der Waals surface area contributed by atoms with Gasteiger partial charge in [-0.15, -0.1) is 0 Å². The molecule has 0 aromatic heterocycles. The molecule has 2 aliphatic heterocycles. The van der Waals surface area contributed by atoms with Crippen molar-refractivity contribution in [3.8, 4) is 0 Å². The van der Waals surface area contributed by atoms with Gasteiger partial charge in [-0.05, 0) is 32.9 Å². The maximum Gasteiger partial charge on any atom is 0.239 e. The summed E-state index contributed by atoms with van der Waals surface area (Å²) < 4.78 is 0. The molecule has 0 spiro atoms. The summed E-state index contributed by atoms with van der Waals surface area (Å²) in [5.41, 5.74) is 0. The van der Waals surface area contributed by atoms with E-state index < -0.39 is 0 Å². The number of likely N-dealkylation sites (N-methyl/N-ethyl adjacent to an activating group) is 1. The quantitative estimate of drug-likeness (QED) is 0.631. The van der Waals surface area contributed by atoms with Gasteiger partial charge >= 0.3 is 0 Å². The lowest BCUT2D eigenvalue weighted by atomic mass is 10.2. The first-order chi connectivity index (χ1) is 6.81. The predicted octanol–water partition coefficient (Wildman–Crippen LogP) is -0.441. The van der Waals surface area contributed by atoms with Crippen molar-refractivity contribution in [2.24, 2.45) is 0 Å². The topological polar surface area (TPSA) is 44.4 Å². The molecule has 0 saturated carbocycles. The van der Waals surface area contributed by atoms with Crippen LogP contribution >= 0.6 is 0 Å². The van der Waals surface area contributed by atoms with Crippen molar-refractivity contribution in [3.05, 3.63) is 0 Å². The van der Waals surface area contributed by atoms with Crippen LogP contribution in [0.3, 0.4) is 0 Å². The number of carbonyl (C=O) groups is 1. The first-order valence-corrected chi connectivity index (χ1v) is 5.50. The average Bonchev–Trinajstić information content (AvgIpc) is 2.88. The highest BCUT2D eigenvalue weighted by atomic mass is 16.2. The Hall–Kier alpha value is -0.610. The molecule has 0 aromatic carbocycles. The summed E-state index contributed by atoms with van der Waals surface area (Å²) in [6.07, 6.45) is 3.24. The fourth-order valence-electron chi connectivity index (χ4n) is 2.31. The minimum Gasteiger partial charge on any atom is -0.340 e. The third kappa shape index (κ3) is 1.91. The van der Waals surface area contributed by atoms with Crippen molar-refractivity contribution in [2.45, 2.75) is 31.3 Å². The van der Waals surface area contributed by atoms with Gasteiger partial charge < -0.3 is 15.5 Å². The van der Waals surface area contributed by atoms with E-state index >= 15 is 0 Å². The van der Waals surface area contributed by atoms with Gasteiger partial charge in [0, 0.05) is 19.1 Å². The van der Waals surface area contributed by atoms with Crippen molar-refractivity contribution in [1.29, 1.82) is 0 Å². The van der Waals surface area contributed by atoms with Crippen LogP contribution in [0, 0.1) is 0 Å². The SMILES string of the molecule is CNC1CCN(C(=O)C2CCCN2)C1. The van der Waals surface area contributed by atoms with E-state index in [1.165, 1.54) is 0 Å². The van der Waals surface area contributed by atoms with Crippen LogP contribution in [0.25, 0.3) is 0 Å². The van der Waals surface area contributed by atoms with Crippen LogP contribution in [0.5, 0.6) is 0 Å². The number of nitrogens with one attached hydrogen (secondary N) is 2. The molecule has 0 radical (unpaired) electrons. The van der Waals surface area contributed by atoms with Gasteiger partial charge in [0.15, 0.2) is 0 Å². The van der Waals surface area contributed by atoms with Crippen molar-refractivity contribution >= 4 is 5.91 Å². The molecule has 1 amide bonds. The zero-order valence-electron chi connectivity index (χ0n) is 8.75. The van der Waals surface area contributed by atoms with Gasteiger partial charge in [-0.3, -0.25) is 4.79 Å². The second kappa shape index (κ2) is 4.28. The second-order valence-corrected chi connectivity index (χ2v) is 4.21. The molecule has 2 aliphatic rings. The fraction of sp³-hybridized carbons (Fsp3) is 0.900.